The molecule has 0 atom stereocenters. The van der Waals surface area contributed by atoms with E-state index in [0.717, 1.165) is 0 Å². The first-order valence-electron chi connectivity index (χ1n) is 6.07. The monoisotopic (exact) mass is 242 g/mol. The van der Waals surface area contributed by atoms with Gasteiger partial charge in [-0.15, -0.1) is 5.73 Å². The highest BCUT2D eigenvalue weighted by Gasteiger charge is 2.10. The van der Waals surface area contributed by atoms with Gasteiger partial charge in [0.05, 0.1) is 8.07 Å². The molecule has 0 aliphatic carbocycles. The van der Waals surface area contributed by atoms with Crippen molar-refractivity contribution in [3.8, 4) is 0 Å². The Balaban J connectivity index is 3.23. The summed E-state index contributed by atoms with van der Waals surface area (Å²) in [7, 11) is -1.22. The van der Waals surface area contributed by atoms with Gasteiger partial charge < -0.3 is 0 Å². The van der Waals surface area contributed by atoms with Crippen molar-refractivity contribution in [1.29, 1.82) is 0 Å². The van der Waals surface area contributed by atoms with Crippen LogP contribution in [-0.4, -0.2) is 8.07 Å². The molecule has 1 aromatic rings. The van der Waals surface area contributed by atoms with Crippen molar-refractivity contribution in [3.63, 3.8) is 0 Å². The fraction of sp³-hybridized carbons (Fsp3) is 0.312. The van der Waals surface area contributed by atoms with Crippen LogP contribution >= 0.6 is 0 Å². The maximum atomic E-state index is 3.31. The van der Waals surface area contributed by atoms with Gasteiger partial charge in [0.25, 0.3) is 0 Å². The van der Waals surface area contributed by atoms with Gasteiger partial charge in [-0.05, 0) is 36.6 Å². The zero-order valence-electron chi connectivity index (χ0n) is 11.5. The van der Waals surface area contributed by atoms with Crippen LogP contribution in [0.4, 0.5) is 0 Å². The van der Waals surface area contributed by atoms with E-state index in [1.807, 2.05) is 0 Å². The summed E-state index contributed by atoms with van der Waals surface area (Å²) in [4.78, 5) is 0. The smallest absolute Gasteiger partial charge is 0.0695 e. The van der Waals surface area contributed by atoms with E-state index < -0.39 is 8.07 Å². The van der Waals surface area contributed by atoms with Crippen LogP contribution in [0.1, 0.15) is 19.4 Å². The minimum atomic E-state index is -1.22. The highest BCUT2D eigenvalue weighted by molar-refractivity contribution is 6.81. The second-order valence-electron chi connectivity index (χ2n) is 5.62. The molecule has 90 valence electrons. The third-order valence-electron chi connectivity index (χ3n) is 2.21. The predicted octanol–water partition coefficient (Wildman–Crippen LogP) is 5.07. The van der Waals surface area contributed by atoms with Gasteiger partial charge >= 0.3 is 0 Å². The van der Waals surface area contributed by atoms with Crippen LogP contribution in [0.15, 0.2) is 53.4 Å². The molecule has 0 saturated heterocycles. The molecule has 0 amide bonds. The van der Waals surface area contributed by atoms with E-state index in [1.54, 1.807) is 0 Å². The molecule has 0 aliphatic heterocycles. The summed E-state index contributed by atoms with van der Waals surface area (Å²) in [6, 6.07) is 10.6. The fourth-order valence-corrected chi connectivity index (χ4v) is 2.71. The van der Waals surface area contributed by atoms with Crippen LogP contribution in [-0.2, 0) is 0 Å². The summed E-state index contributed by atoms with van der Waals surface area (Å²) in [5.74, 6) is 0. The van der Waals surface area contributed by atoms with E-state index in [4.69, 9.17) is 0 Å². The second kappa shape index (κ2) is 5.86. The van der Waals surface area contributed by atoms with Crippen LogP contribution in [0.25, 0.3) is 5.57 Å². The van der Waals surface area contributed by atoms with Crippen molar-refractivity contribution < 1.29 is 0 Å². The first-order valence-corrected chi connectivity index (χ1v) is 9.64. The number of hydrogen-bond donors (Lipinski definition) is 0. The van der Waals surface area contributed by atoms with Crippen molar-refractivity contribution in [2.45, 2.75) is 33.5 Å². The second-order valence-corrected chi connectivity index (χ2v) is 10.6. The molecule has 1 aromatic carbocycles. The molecule has 1 rings (SSSR count). The highest BCUT2D eigenvalue weighted by Crippen LogP contribution is 2.19. The van der Waals surface area contributed by atoms with Crippen molar-refractivity contribution in [2.24, 2.45) is 0 Å². The molecule has 0 heterocycles. The minimum absolute atomic E-state index is 1.21. The molecule has 0 aliphatic rings. The summed E-state index contributed by atoms with van der Waals surface area (Å²) < 4.78 is 0. The largest absolute Gasteiger partial charge is 0.122 e. The summed E-state index contributed by atoms with van der Waals surface area (Å²) in [6.07, 6.45) is 2.11. The quantitative estimate of drug-likeness (QED) is 0.394. The minimum Gasteiger partial charge on any atom is -0.122 e. The van der Waals surface area contributed by atoms with E-state index in [9.17, 15) is 0 Å². The number of allylic oxidation sites excluding steroid dienone is 2. The van der Waals surface area contributed by atoms with Gasteiger partial charge in [-0.3, -0.25) is 0 Å². The first-order chi connectivity index (χ1) is 7.88. The van der Waals surface area contributed by atoms with E-state index in [2.05, 4.69) is 81.3 Å². The van der Waals surface area contributed by atoms with Crippen LogP contribution < -0.4 is 0 Å². The molecule has 0 spiro atoms. The summed E-state index contributed by atoms with van der Waals surface area (Å²) in [6.45, 7) is 11.2. The molecule has 17 heavy (non-hydrogen) atoms. The van der Waals surface area contributed by atoms with Crippen LogP contribution in [0, 0.1) is 0 Å². The molecule has 0 radical (unpaired) electrons. The van der Waals surface area contributed by atoms with Crippen molar-refractivity contribution in [1.82, 2.24) is 0 Å². The zero-order chi connectivity index (χ0) is 12.9. The van der Waals surface area contributed by atoms with Crippen molar-refractivity contribution >= 4 is 13.6 Å². The first kappa shape index (κ1) is 13.8. The average Bonchev–Trinajstić information content (AvgIpc) is 2.24. The molecule has 0 fully saturated rings. The molecular formula is C16H22Si. The summed E-state index contributed by atoms with van der Waals surface area (Å²) in [5, 5.41) is 0. The maximum Gasteiger partial charge on any atom is 0.0695 e. The molecule has 0 bridgehead atoms. The topological polar surface area (TPSA) is 0 Å². The Morgan fingerprint density at radius 2 is 1.65 bits per heavy atom. The Kier molecular flexibility index (Phi) is 4.74. The third-order valence-corrected chi connectivity index (χ3v) is 3.39. The van der Waals surface area contributed by atoms with Gasteiger partial charge in [-0.25, -0.2) is 0 Å². The van der Waals surface area contributed by atoms with E-state index in [-0.39, 0.29) is 0 Å². The lowest BCUT2D eigenvalue weighted by molar-refractivity contribution is 1.41. The third kappa shape index (κ3) is 5.53. The Bertz CT molecular complexity index is 448. The Labute approximate surface area is 106 Å². The Morgan fingerprint density at radius 1 is 1.06 bits per heavy atom. The van der Waals surface area contributed by atoms with Gasteiger partial charge in [0.15, 0.2) is 0 Å². The maximum absolute atomic E-state index is 3.31. The molecule has 0 N–H and O–H groups in total. The van der Waals surface area contributed by atoms with Gasteiger partial charge in [0, 0.05) is 0 Å². The van der Waals surface area contributed by atoms with Gasteiger partial charge in [0.1, 0.15) is 0 Å². The van der Waals surface area contributed by atoms with Crippen molar-refractivity contribution in [2.75, 3.05) is 0 Å². The van der Waals surface area contributed by atoms with Gasteiger partial charge in [-0.2, -0.15) is 0 Å². The average molecular weight is 242 g/mol. The fourth-order valence-electron chi connectivity index (χ4n) is 1.53. The molecule has 0 saturated carbocycles. The predicted molar refractivity (Wildman–Crippen MR) is 80.7 cm³/mol. The molecule has 1 heteroatoms. The van der Waals surface area contributed by atoms with Crippen LogP contribution in [0.5, 0.6) is 0 Å². The van der Waals surface area contributed by atoms with Crippen LogP contribution in [0.3, 0.4) is 0 Å². The summed E-state index contributed by atoms with van der Waals surface area (Å²) >= 11 is 0. The van der Waals surface area contributed by atoms with Crippen LogP contribution in [0.2, 0.25) is 19.6 Å². The summed E-state index contributed by atoms with van der Waals surface area (Å²) in [5.41, 5.74) is 9.53. The van der Waals surface area contributed by atoms with Crippen molar-refractivity contribution in [3.05, 3.63) is 59.0 Å². The van der Waals surface area contributed by atoms with E-state index >= 15 is 0 Å². The lowest BCUT2D eigenvalue weighted by atomic mass is 10.1. The van der Waals surface area contributed by atoms with Gasteiger partial charge in [-0.1, -0.05) is 55.7 Å². The molecular weight excluding hydrogens is 220 g/mol. The Hall–Kier alpha value is -1.30. The number of hydrogen-bond acceptors (Lipinski definition) is 0. The lowest BCUT2D eigenvalue weighted by Crippen LogP contribution is -2.16. The normalized spacial score (nSPS) is 11.9. The molecule has 0 unspecified atom stereocenters. The number of benzene rings is 1. The van der Waals surface area contributed by atoms with Gasteiger partial charge in [0.2, 0.25) is 0 Å². The van der Waals surface area contributed by atoms with E-state index in [1.165, 1.54) is 16.7 Å². The lowest BCUT2D eigenvalue weighted by Gasteiger charge is -2.12. The molecule has 0 aromatic heterocycles. The zero-order valence-corrected chi connectivity index (χ0v) is 12.5. The Morgan fingerprint density at radius 3 is 2.12 bits per heavy atom. The number of rotatable bonds is 3. The SMILES string of the molecule is CC(C)=C=C/C(=C\[Si](C)(C)C)c1ccccc1. The standard InChI is InChI=1S/C16H22Si/c1-14(2)11-12-16(13-17(3,4)5)15-9-7-6-8-10-15/h6-10,12-13H,1-5H3/b16-13+. The van der Waals surface area contributed by atoms with E-state index in [0.29, 0.717) is 0 Å². The highest BCUT2D eigenvalue weighted by atomic mass is 28.3. The molecule has 0 nitrogen and oxygen atoms in total.